The van der Waals surface area contributed by atoms with Crippen molar-refractivity contribution in [3.63, 3.8) is 0 Å². The Morgan fingerprint density at radius 3 is 2.58 bits per heavy atom. The third-order valence-electron chi connectivity index (χ3n) is 4.73. The Morgan fingerprint density at radius 2 is 1.94 bits per heavy atom. The second-order valence-corrected chi connectivity index (χ2v) is 10.3. The van der Waals surface area contributed by atoms with Gasteiger partial charge in [-0.15, -0.1) is 10.2 Å². The van der Waals surface area contributed by atoms with Gasteiger partial charge in [-0.25, -0.2) is 23.4 Å². The molecule has 14 heteroatoms. The number of hydrogen-bond acceptors (Lipinski definition) is 10. The molecule has 0 saturated carbocycles. The molecule has 3 rings (SSSR count). The smallest absolute Gasteiger partial charge is 0.240 e. The Bertz CT molecular complexity index is 1180. The molecule has 3 aromatic rings. The summed E-state index contributed by atoms with van der Waals surface area (Å²) in [6.45, 7) is 1.96. The summed E-state index contributed by atoms with van der Waals surface area (Å²) in [6.07, 6.45) is 3.79. The molecular weight excluding hydrogens is 490 g/mol. The maximum absolute atomic E-state index is 13.2. The van der Waals surface area contributed by atoms with E-state index in [1.807, 2.05) is 6.26 Å². The lowest BCUT2D eigenvalue weighted by molar-refractivity contribution is 0.0950. The van der Waals surface area contributed by atoms with Crippen molar-refractivity contribution in [1.29, 1.82) is 0 Å². The molecule has 0 aromatic carbocycles. The highest BCUT2D eigenvalue weighted by atomic mass is 35.5. The van der Waals surface area contributed by atoms with Gasteiger partial charge in [-0.3, -0.25) is 9.29 Å². The summed E-state index contributed by atoms with van der Waals surface area (Å²) in [5.41, 5.74) is 0.505. The maximum atomic E-state index is 13.2. The van der Waals surface area contributed by atoms with Crippen LogP contribution in [0, 0.1) is 0 Å². The van der Waals surface area contributed by atoms with Crippen LogP contribution in [0.25, 0.3) is 11.5 Å². The van der Waals surface area contributed by atoms with Crippen LogP contribution in [0.5, 0.6) is 5.88 Å². The molecule has 2 unspecified atom stereocenters. The van der Waals surface area contributed by atoms with Crippen LogP contribution in [0.2, 0.25) is 5.02 Å². The van der Waals surface area contributed by atoms with Gasteiger partial charge >= 0.3 is 0 Å². The van der Waals surface area contributed by atoms with Crippen molar-refractivity contribution in [2.24, 2.45) is 0 Å². The van der Waals surface area contributed by atoms with Gasteiger partial charge in [0.05, 0.1) is 12.1 Å². The Balaban J connectivity index is 1.93. The quantitative estimate of drug-likeness (QED) is 0.407. The molecule has 0 spiro atoms. The van der Waals surface area contributed by atoms with Gasteiger partial charge in [0.25, 0.3) is 0 Å². The zero-order valence-corrected chi connectivity index (χ0v) is 20.9. The molecule has 0 radical (unpaired) electrons. The molecule has 1 N–H and O–H groups in total. The van der Waals surface area contributed by atoms with E-state index in [-0.39, 0.29) is 11.8 Å². The number of rotatable bonds is 11. The fourth-order valence-corrected chi connectivity index (χ4v) is 4.59. The summed E-state index contributed by atoms with van der Waals surface area (Å²) in [7, 11) is -1.07. The van der Waals surface area contributed by atoms with Gasteiger partial charge in [-0.1, -0.05) is 17.7 Å². The number of nitrogens with zero attached hydrogens (tertiary/aromatic N) is 6. The highest BCUT2D eigenvalue weighted by Gasteiger charge is 2.34. The number of ether oxygens (including phenoxy) is 2. The molecule has 178 valence electrons. The Hall–Kier alpha value is -2.48. The molecule has 0 aliphatic carbocycles. The number of halogens is 1. The number of pyridine rings is 1. The van der Waals surface area contributed by atoms with E-state index in [1.54, 1.807) is 34.5 Å². The summed E-state index contributed by atoms with van der Waals surface area (Å²) in [5, 5.41) is 7.55. The van der Waals surface area contributed by atoms with Crippen molar-refractivity contribution in [2.45, 2.75) is 24.8 Å². The van der Waals surface area contributed by atoms with E-state index in [0.29, 0.717) is 34.7 Å². The maximum Gasteiger partial charge on any atom is 0.240 e. The average Bonchev–Trinajstić information content (AvgIpc) is 3.20. The molecule has 11 nitrogen and oxygen atoms in total. The Morgan fingerprint density at radius 1 is 1.21 bits per heavy atom. The first kappa shape index (κ1) is 25.1. The van der Waals surface area contributed by atoms with Gasteiger partial charge in [-0.05, 0) is 19.2 Å². The monoisotopic (exact) mass is 513 g/mol. The number of methoxy groups -OCH3 is 2. The molecule has 0 saturated heterocycles. The summed E-state index contributed by atoms with van der Waals surface area (Å²) in [4.78, 5) is 12.6. The standard InChI is InChI=1S/C19H24ClN7O4S2/c1-12(16(31-3)17-21-10-13(20)11-22-17)33(28,29)26-19-25-24-18(27(19)8-9-32-4)14-6-5-7-15(23-14)30-2/h5-7,10-12,16H,8-9H2,1-4H3,(H,25,26). The van der Waals surface area contributed by atoms with Gasteiger partial charge in [0.15, 0.2) is 11.6 Å². The molecule has 0 aliphatic rings. The van der Waals surface area contributed by atoms with Gasteiger partial charge < -0.3 is 9.47 Å². The molecule has 0 bridgehead atoms. The first-order valence-electron chi connectivity index (χ1n) is 9.76. The molecule has 0 aliphatic heterocycles. The van der Waals surface area contributed by atoms with Gasteiger partial charge in [0.1, 0.15) is 17.0 Å². The van der Waals surface area contributed by atoms with E-state index in [2.05, 4.69) is 29.9 Å². The highest BCUT2D eigenvalue weighted by Crippen LogP contribution is 2.26. The van der Waals surface area contributed by atoms with E-state index < -0.39 is 21.4 Å². The van der Waals surface area contributed by atoms with Crippen molar-refractivity contribution in [3.8, 4) is 17.4 Å². The second-order valence-electron chi connectivity index (χ2n) is 6.82. The predicted molar refractivity (Wildman–Crippen MR) is 127 cm³/mol. The van der Waals surface area contributed by atoms with Crippen molar-refractivity contribution < 1.29 is 17.9 Å². The Kier molecular flexibility index (Phi) is 8.46. The molecule has 3 aromatic heterocycles. The summed E-state index contributed by atoms with van der Waals surface area (Å²) < 4.78 is 41.2. The fourth-order valence-electron chi connectivity index (χ4n) is 2.97. The first-order chi connectivity index (χ1) is 15.8. The predicted octanol–water partition coefficient (Wildman–Crippen LogP) is 2.67. The SMILES string of the molecule is COc1cccc(-c2nnc(NS(=O)(=O)C(C)C(OC)c3ncc(Cl)cn3)n2CCSC)n1. The largest absolute Gasteiger partial charge is 0.481 e. The van der Waals surface area contributed by atoms with Gasteiger partial charge in [0.2, 0.25) is 21.9 Å². The lowest BCUT2D eigenvalue weighted by atomic mass is 10.2. The first-order valence-corrected chi connectivity index (χ1v) is 13.1. The number of nitrogens with one attached hydrogen (secondary N) is 1. The van der Waals surface area contributed by atoms with Crippen molar-refractivity contribution in [3.05, 3.63) is 41.4 Å². The van der Waals surface area contributed by atoms with Crippen LogP contribution in [0.1, 0.15) is 18.9 Å². The zero-order valence-electron chi connectivity index (χ0n) is 18.5. The van der Waals surface area contributed by atoms with Crippen molar-refractivity contribution in [2.75, 3.05) is 31.0 Å². The molecule has 2 atom stereocenters. The summed E-state index contributed by atoms with van der Waals surface area (Å²) >= 11 is 7.44. The van der Waals surface area contributed by atoms with Crippen LogP contribution < -0.4 is 9.46 Å². The summed E-state index contributed by atoms with van der Waals surface area (Å²) in [6, 6.07) is 5.24. The van der Waals surface area contributed by atoms with Crippen molar-refractivity contribution in [1.82, 2.24) is 29.7 Å². The van der Waals surface area contributed by atoms with Gasteiger partial charge in [0, 0.05) is 37.9 Å². The van der Waals surface area contributed by atoms with Crippen LogP contribution in [0.4, 0.5) is 5.95 Å². The summed E-state index contributed by atoms with van der Waals surface area (Å²) in [5.74, 6) is 1.80. The molecule has 0 fully saturated rings. The molecule has 3 heterocycles. The number of anilines is 1. The van der Waals surface area contributed by atoms with Crippen LogP contribution in [-0.2, 0) is 21.3 Å². The lowest BCUT2D eigenvalue weighted by Gasteiger charge is -2.22. The molecule has 33 heavy (non-hydrogen) atoms. The van der Waals surface area contributed by atoms with E-state index >= 15 is 0 Å². The van der Waals surface area contributed by atoms with E-state index in [9.17, 15) is 8.42 Å². The lowest BCUT2D eigenvalue weighted by Crippen LogP contribution is -2.33. The second kappa shape index (κ2) is 11.1. The van der Waals surface area contributed by atoms with E-state index in [1.165, 1.54) is 33.5 Å². The highest BCUT2D eigenvalue weighted by molar-refractivity contribution is 7.98. The minimum atomic E-state index is -3.98. The Labute approximate surface area is 201 Å². The number of sulfonamides is 1. The number of hydrogen-bond donors (Lipinski definition) is 1. The molecule has 0 amide bonds. The third kappa shape index (κ3) is 5.91. The third-order valence-corrected chi connectivity index (χ3v) is 7.21. The van der Waals surface area contributed by atoms with Gasteiger partial charge in [-0.2, -0.15) is 11.8 Å². The normalized spacial score (nSPS) is 13.5. The minimum Gasteiger partial charge on any atom is -0.481 e. The van der Waals surface area contributed by atoms with E-state index in [4.69, 9.17) is 21.1 Å². The molecular formula is C19H24ClN7O4S2. The number of thioether (sulfide) groups is 1. The fraction of sp³-hybridized carbons (Fsp3) is 0.421. The van der Waals surface area contributed by atoms with E-state index in [0.717, 1.165) is 0 Å². The number of aromatic nitrogens is 6. The van der Waals surface area contributed by atoms with Crippen LogP contribution in [0.15, 0.2) is 30.6 Å². The van der Waals surface area contributed by atoms with Crippen molar-refractivity contribution >= 4 is 39.3 Å². The average molecular weight is 514 g/mol. The van der Waals surface area contributed by atoms with Crippen LogP contribution in [0.3, 0.4) is 0 Å². The zero-order chi connectivity index (χ0) is 24.0. The van der Waals surface area contributed by atoms with Crippen LogP contribution >= 0.6 is 23.4 Å². The topological polar surface area (TPSA) is 134 Å². The minimum absolute atomic E-state index is 0.0717. The van der Waals surface area contributed by atoms with Crippen LogP contribution in [-0.4, -0.2) is 69.6 Å².